The highest BCUT2D eigenvalue weighted by atomic mass is 16.5. The molecular weight excluding hydrogens is 252 g/mol. The lowest BCUT2D eigenvalue weighted by Gasteiger charge is -2.24. The first-order chi connectivity index (χ1) is 9.74. The number of nitrogens with one attached hydrogen (secondary N) is 1. The number of ether oxygens (including phenoxy) is 1. The van der Waals surface area contributed by atoms with E-state index in [1.54, 1.807) is 13.2 Å². The largest absolute Gasteiger partial charge is 0.497 e. The number of rotatable bonds is 6. The molecule has 0 bridgehead atoms. The molecule has 1 N–H and O–H groups in total. The van der Waals surface area contributed by atoms with E-state index in [1.807, 2.05) is 29.2 Å². The van der Waals surface area contributed by atoms with Gasteiger partial charge in [0.2, 0.25) is 5.91 Å². The standard InChI is InChI=1S/C16H22N2O2/c1-3-10-18(16(19)14-8-9-17-11-14)12-13-4-6-15(20-2)7-5-13/h3-7,14,17H,1,8-12H2,2H3. The average molecular weight is 274 g/mol. The fraction of sp³-hybridized carbons (Fsp3) is 0.438. The Labute approximate surface area is 120 Å². The Balaban J connectivity index is 2.03. The van der Waals surface area contributed by atoms with Crippen molar-refractivity contribution in [2.24, 2.45) is 5.92 Å². The van der Waals surface area contributed by atoms with Gasteiger partial charge in [0.1, 0.15) is 5.75 Å². The first kappa shape index (κ1) is 14.6. The maximum atomic E-state index is 12.5. The van der Waals surface area contributed by atoms with Crippen LogP contribution in [0.15, 0.2) is 36.9 Å². The summed E-state index contributed by atoms with van der Waals surface area (Å²) in [5.41, 5.74) is 1.10. The van der Waals surface area contributed by atoms with Gasteiger partial charge in [0.25, 0.3) is 0 Å². The fourth-order valence-electron chi connectivity index (χ4n) is 2.46. The molecule has 1 saturated heterocycles. The molecule has 0 aromatic heterocycles. The molecule has 0 aliphatic carbocycles. The van der Waals surface area contributed by atoms with Crippen molar-refractivity contribution in [2.75, 3.05) is 26.7 Å². The number of hydrogen-bond acceptors (Lipinski definition) is 3. The summed E-state index contributed by atoms with van der Waals surface area (Å²) in [6.07, 6.45) is 2.71. The Kier molecular flexibility index (Phi) is 5.18. The lowest BCUT2D eigenvalue weighted by atomic mass is 10.1. The van der Waals surface area contributed by atoms with Gasteiger partial charge in [-0.1, -0.05) is 18.2 Å². The molecule has 1 unspecified atom stereocenters. The second-order valence-electron chi connectivity index (χ2n) is 5.05. The van der Waals surface area contributed by atoms with Crippen molar-refractivity contribution >= 4 is 5.91 Å². The van der Waals surface area contributed by atoms with E-state index in [1.165, 1.54) is 0 Å². The van der Waals surface area contributed by atoms with E-state index in [0.717, 1.165) is 30.8 Å². The summed E-state index contributed by atoms with van der Waals surface area (Å²) in [5.74, 6) is 1.15. The Bertz CT molecular complexity index is 450. The van der Waals surface area contributed by atoms with Crippen molar-refractivity contribution in [3.8, 4) is 5.75 Å². The molecule has 4 heteroatoms. The van der Waals surface area contributed by atoms with Gasteiger partial charge in [0, 0.05) is 19.6 Å². The van der Waals surface area contributed by atoms with Crippen LogP contribution >= 0.6 is 0 Å². The van der Waals surface area contributed by atoms with Crippen molar-refractivity contribution in [1.29, 1.82) is 0 Å². The van der Waals surface area contributed by atoms with Crippen molar-refractivity contribution in [3.05, 3.63) is 42.5 Å². The number of carbonyl (C=O) groups excluding carboxylic acids is 1. The predicted octanol–water partition coefficient (Wildman–Crippen LogP) is 1.82. The molecule has 0 radical (unpaired) electrons. The zero-order valence-corrected chi connectivity index (χ0v) is 12.0. The van der Waals surface area contributed by atoms with E-state index in [-0.39, 0.29) is 11.8 Å². The Morgan fingerprint density at radius 1 is 1.50 bits per heavy atom. The summed E-state index contributed by atoms with van der Waals surface area (Å²) >= 11 is 0. The van der Waals surface area contributed by atoms with Crippen LogP contribution in [0, 0.1) is 5.92 Å². The molecular formula is C16H22N2O2. The number of carbonyl (C=O) groups is 1. The third-order valence-corrected chi connectivity index (χ3v) is 3.60. The summed E-state index contributed by atoms with van der Waals surface area (Å²) in [4.78, 5) is 14.3. The maximum absolute atomic E-state index is 12.5. The molecule has 4 nitrogen and oxygen atoms in total. The Morgan fingerprint density at radius 2 is 2.25 bits per heavy atom. The highest BCUT2D eigenvalue weighted by molar-refractivity contribution is 5.79. The molecule has 0 saturated carbocycles. The predicted molar refractivity (Wildman–Crippen MR) is 79.6 cm³/mol. The minimum Gasteiger partial charge on any atom is -0.497 e. The monoisotopic (exact) mass is 274 g/mol. The van der Waals surface area contributed by atoms with Crippen molar-refractivity contribution < 1.29 is 9.53 Å². The molecule has 1 aromatic rings. The normalized spacial score (nSPS) is 17.8. The lowest BCUT2D eigenvalue weighted by molar-refractivity contribution is -0.135. The van der Waals surface area contributed by atoms with Crippen LogP contribution in [-0.2, 0) is 11.3 Å². The number of benzene rings is 1. The Morgan fingerprint density at radius 3 is 2.80 bits per heavy atom. The fourth-order valence-corrected chi connectivity index (χ4v) is 2.46. The van der Waals surface area contributed by atoms with Crippen molar-refractivity contribution in [1.82, 2.24) is 10.2 Å². The van der Waals surface area contributed by atoms with Crippen LogP contribution in [0.1, 0.15) is 12.0 Å². The zero-order valence-electron chi connectivity index (χ0n) is 12.0. The van der Waals surface area contributed by atoms with Gasteiger partial charge < -0.3 is 15.0 Å². The van der Waals surface area contributed by atoms with Crippen molar-refractivity contribution in [2.45, 2.75) is 13.0 Å². The van der Waals surface area contributed by atoms with E-state index in [2.05, 4.69) is 11.9 Å². The third kappa shape index (κ3) is 3.61. The van der Waals surface area contributed by atoms with E-state index in [4.69, 9.17) is 4.74 Å². The van der Waals surface area contributed by atoms with E-state index in [0.29, 0.717) is 13.1 Å². The van der Waals surface area contributed by atoms with Gasteiger partial charge in [0.05, 0.1) is 13.0 Å². The highest BCUT2D eigenvalue weighted by Gasteiger charge is 2.26. The quantitative estimate of drug-likeness (QED) is 0.805. The van der Waals surface area contributed by atoms with Crippen LogP contribution in [0.2, 0.25) is 0 Å². The van der Waals surface area contributed by atoms with Gasteiger partial charge in [0.15, 0.2) is 0 Å². The number of hydrogen-bond donors (Lipinski definition) is 1. The zero-order chi connectivity index (χ0) is 14.4. The molecule has 108 valence electrons. The van der Waals surface area contributed by atoms with Crippen LogP contribution in [0.4, 0.5) is 0 Å². The van der Waals surface area contributed by atoms with Crippen LogP contribution < -0.4 is 10.1 Å². The SMILES string of the molecule is C=CCN(Cc1ccc(OC)cc1)C(=O)C1CCNC1. The molecule has 1 atom stereocenters. The molecule has 20 heavy (non-hydrogen) atoms. The smallest absolute Gasteiger partial charge is 0.227 e. The highest BCUT2D eigenvalue weighted by Crippen LogP contribution is 2.16. The van der Waals surface area contributed by atoms with Gasteiger partial charge in [-0.15, -0.1) is 6.58 Å². The minimum atomic E-state index is 0.105. The summed E-state index contributed by atoms with van der Waals surface area (Å²) in [6.45, 7) is 6.67. The summed E-state index contributed by atoms with van der Waals surface area (Å²) in [6, 6.07) is 7.83. The van der Waals surface area contributed by atoms with Crippen LogP contribution in [0.3, 0.4) is 0 Å². The second kappa shape index (κ2) is 7.10. The van der Waals surface area contributed by atoms with Crippen LogP contribution in [0.5, 0.6) is 5.75 Å². The Hall–Kier alpha value is -1.81. The number of amides is 1. The first-order valence-corrected chi connectivity index (χ1v) is 6.98. The molecule has 1 amide bonds. The lowest BCUT2D eigenvalue weighted by Crippen LogP contribution is -2.36. The van der Waals surface area contributed by atoms with Gasteiger partial charge >= 0.3 is 0 Å². The van der Waals surface area contributed by atoms with Gasteiger partial charge in [-0.25, -0.2) is 0 Å². The maximum Gasteiger partial charge on any atom is 0.227 e. The molecule has 1 aromatic carbocycles. The van der Waals surface area contributed by atoms with E-state index in [9.17, 15) is 4.79 Å². The van der Waals surface area contributed by atoms with E-state index < -0.39 is 0 Å². The number of methoxy groups -OCH3 is 1. The topological polar surface area (TPSA) is 41.6 Å². The summed E-state index contributed by atoms with van der Waals surface area (Å²) in [5, 5.41) is 3.24. The third-order valence-electron chi connectivity index (χ3n) is 3.60. The average Bonchev–Trinajstić information content (AvgIpc) is 3.01. The molecule has 1 heterocycles. The molecule has 1 fully saturated rings. The molecule has 2 rings (SSSR count). The molecule has 1 aliphatic rings. The first-order valence-electron chi connectivity index (χ1n) is 6.98. The number of nitrogens with zero attached hydrogens (tertiary/aromatic N) is 1. The van der Waals surface area contributed by atoms with Crippen LogP contribution in [0.25, 0.3) is 0 Å². The van der Waals surface area contributed by atoms with E-state index >= 15 is 0 Å². The van der Waals surface area contributed by atoms with Gasteiger partial charge in [-0.3, -0.25) is 4.79 Å². The summed E-state index contributed by atoms with van der Waals surface area (Å²) in [7, 11) is 1.65. The van der Waals surface area contributed by atoms with Gasteiger partial charge in [-0.2, -0.15) is 0 Å². The van der Waals surface area contributed by atoms with Crippen LogP contribution in [-0.4, -0.2) is 37.6 Å². The van der Waals surface area contributed by atoms with Crippen molar-refractivity contribution in [3.63, 3.8) is 0 Å². The molecule has 0 spiro atoms. The minimum absolute atomic E-state index is 0.105. The second-order valence-corrected chi connectivity index (χ2v) is 5.05. The molecule has 1 aliphatic heterocycles. The van der Waals surface area contributed by atoms with Gasteiger partial charge in [-0.05, 0) is 30.7 Å². The summed E-state index contributed by atoms with van der Waals surface area (Å²) < 4.78 is 5.15.